The Morgan fingerprint density at radius 2 is 1.94 bits per heavy atom. The SMILES string of the molecule is C=CC[C@]1(C(=O)NNCCc2ccc(OC)c(OC)c2)N=C(c2ccc(OCCCO)cc2)O[C@H]1C. The van der Waals surface area contributed by atoms with Crippen LogP contribution >= 0.6 is 0 Å². The minimum Gasteiger partial charge on any atom is -0.494 e. The zero-order valence-corrected chi connectivity index (χ0v) is 21.1. The van der Waals surface area contributed by atoms with Crippen molar-refractivity contribution < 1.29 is 28.8 Å². The number of nitrogens with one attached hydrogen (secondary N) is 2. The van der Waals surface area contributed by atoms with Gasteiger partial charge in [-0.1, -0.05) is 12.1 Å². The second-order valence-electron chi connectivity index (χ2n) is 8.36. The van der Waals surface area contributed by atoms with Crippen LogP contribution in [0.2, 0.25) is 0 Å². The summed E-state index contributed by atoms with van der Waals surface area (Å²) in [4.78, 5) is 18.0. The molecule has 0 bridgehead atoms. The van der Waals surface area contributed by atoms with Crippen LogP contribution in [0.1, 0.15) is 30.9 Å². The van der Waals surface area contributed by atoms with Crippen LogP contribution in [0.5, 0.6) is 17.2 Å². The van der Waals surface area contributed by atoms with Crippen molar-refractivity contribution in [3.05, 3.63) is 66.2 Å². The van der Waals surface area contributed by atoms with E-state index < -0.39 is 11.6 Å². The molecule has 0 saturated heterocycles. The summed E-state index contributed by atoms with van der Waals surface area (Å²) in [5.74, 6) is 2.12. The van der Waals surface area contributed by atoms with Gasteiger partial charge in [0.2, 0.25) is 5.90 Å². The Morgan fingerprint density at radius 3 is 2.61 bits per heavy atom. The molecule has 9 nitrogen and oxygen atoms in total. The van der Waals surface area contributed by atoms with Crippen LogP contribution in [0, 0.1) is 0 Å². The normalized spacial score (nSPS) is 18.7. The number of aliphatic hydroxyl groups excluding tert-OH is 1. The summed E-state index contributed by atoms with van der Waals surface area (Å²) in [7, 11) is 3.19. The number of benzene rings is 2. The molecule has 0 radical (unpaired) electrons. The lowest BCUT2D eigenvalue weighted by Crippen LogP contribution is -2.54. The van der Waals surface area contributed by atoms with Crippen molar-refractivity contribution >= 4 is 11.8 Å². The number of ether oxygens (including phenoxy) is 4. The van der Waals surface area contributed by atoms with Gasteiger partial charge in [0.1, 0.15) is 11.9 Å². The van der Waals surface area contributed by atoms with E-state index in [1.807, 2.05) is 49.4 Å². The summed E-state index contributed by atoms with van der Waals surface area (Å²) in [6.45, 7) is 6.67. The highest BCUT2D eigenvalue weighted by molar-refractivity contribution is 6.00. The van der Waals surface area contributed by atoms with Crippen LogP contribution < -0.4 is 25.1 Å². The molecular formula is C27H35N3O6. The van der Waals surface area contributed by atoms with E-state index in [1.165, 1.54) is 0 Å². The van der Waals surface area contributed by atoms with E-state index in [9.17, 15) is 4.79 Å². The lowest BCUT2D eigenvalue weighted by atomic mass is 9.90. The molecule has 0 aromatic heterocycles. The summed E-state index contributed by atoms with van der Waals surface area (Å²) >= 11 is 0. The molecule has 2 aromatic rings. The fourth-order valence-electron chi connectivity index (χ4n) is 3.90. The molecule has 0 fully saturated rings. The first kappa shape index (κ1) is 27.0. The van der Waals surface area contributed by atoms with Gasteiger partial charge in [-0.05, 0) is 55.3 Å². The van der Waals surface area contributed by atoms with Crippen LogP contribution in [0.3, 0.4) is 0 Å². The molecule has 9 heteroatoms. The third-order valence-electron chi connectivity index (χ3n) is 5.97. The van der Waals surface area contributed by atoms with Gasteiger partial charge in [-0.25, -0.2) is 10.4 Å². The second-order valence-corrected chi connectivity index (χ2v) is 8.36. The quantitative estimate of drug-likeness (QED) is 0.209. The van der Waals surface area contributed by atoms with Crippen LogP contribution in [-0.2, 0) is 16.0 Å². The molecule has 0 spiro atoms. The second kappa shape index (κ2) is 12.9. The third-order valence-corrected chi connectivity index (χ3v) is 5.97. The summed E-state index contributed by atoms with van der Waals surface area (Å²) < 4.78 is 22.2. The number of nitrogens with zero attached hydrogens (tertiary/aromatic N) is 1. The molecule has 2 atom stereocenters. The Morgan fingerprint density at radius 1 is 1.19 bits per heavy atom. The Bertz CT molecular complexity index is 1060. The number of hydrogen-bond donors (Lipinski definition) is 3. The number of hydrazine groups is 1. The first-order valence-corrected chi connectivity index (χ1v) is 11.9. The number of rotatable bonds is 14. The predicted octanol–water partition coefficient (Wildman–Crippen LogP) is 2.81. The fraction of sp³-hybridized carbons (Fsp3) is 0.407. The molecule has 36 heavy (non-hydrogen) atoms. The predicted molar refractivity (Wildman–Crippen MR) is 138 cm³/mol. The van der Waals surface area contributed by atoms with Gasteiger partial charge in [-0.2, -0.15) is 0 Å². The van der Waals surface area contributed by atoms with E-state index in [0.717, 1.165) is 11.1 Å². The maximum absolute atomic E-state index is 13.3. The van der Waals surface area contributed by atoms with Crippen molar-refractivity contribution in [1.29, 1.82) is 0 Å². The van der Waals surface area contributed by atoms with E-state index in [2.05, 4.69) is 17.4 Å². The van der Waals surface area contributed by atoms with Crippen LogP contribution in [0.4, 0.5) is 0 Å². The smallest absolute Gasteiger partial charge is 0.266 e. The van der Waals surface area contributed by atoms with Gasteiger partial charge in [0, 0.05) is 31.6 Å². The molecule has 0 saturated carbocycles. The highest BCUT2D eigenvalue weighted by atomic mass is 16.5. The Hall–Kier alpha value is -3.56. The first-order chi connectivity index (χ1) is 17.5. The Kier molecular flexibility index (Phi) is 9.72. The summed E-state index contributed by atoms with van der Waals surface area (Å²) in [6.07, 6.45) is 2.74. The molecule has 1 aliphatic heterocycles. The molecule has 0 unspecified atom stereocenters. The average Bonchev–Trinajstić information content (AvgIpc) is 3.24. The van der Waals surface area contributed by atoms with E-state index in [4.69, 9.17) is 29.0 Å². The first-order valence-electron chi connectivity index (χ1n) is 11.9. The van der Waals surface area contributed by atoms with Gasteiger partial charge in [0.25, 0.3) is 5.91 Å². The molecular weight excluding hydrogens is 462 g/mol. The van der Waals surface area contributed by atoms with Crippen LogP contribution in [0.15, 0.2) is 60.1 Å². The molecule has 3 N–H and O–H groups in total. The summed E-state index contributed by atoms with van der Waals surface area (Å²) in [5.41, 5.74) is 6.44. The van der Waals surface area contributed by atoms with Gasteiger partial charge in [-0.3, -0.25) is 10.2 Å². The number of methoxy groups -OCH3 is 2. The Labute approximate surface area is 212 Å². The lowest BCUT2D eigenvalue weighted by molar-refractivity contribution is -0.129. The van der Waals surface area contributed by atoms with Gasteiger partial charge in [-0.15, -0.1) is 6.58 Å². The van der Waals surface area contributed by atoms with E-state index in [1.54, 1.807) is 20.3 Å². The fourth-order valence-corrected chi connectivity index (χ4v) is 3.90. The molecule has 1 heterocycles. The summed E-state index contributed by atoms with van der Waals surface area (Å²) in [6, 6.07) is 13.0. The molecule has 1 aliphatic rings. The van der Waals surface area contributed by atoms with E-state index >= 15 is 0 Å². The minimum atomic E-state index is -1.14. The number of hydrogen-bond acceptors (Lipinski definition) is 8. The van der Waals surface area contributed by atoms with Gasteiger partial charge < -0.3 is 24.1 Å². The highest BCUT2D eigenvalue weighted by Crippen LogP contribution is 2.32. The van der Waals surface area contributed by atoms with Crippen molar-refractivity contribution in [2.45, 2.75) is 37.8 Å². The van der Waals surface area contributed by atoms with Gasteiger partial charge >= 0.3 is 0 Å². The number of amides is 1. The maximum atomic E-state index is 13.3. The van der Waals surface area contributed by atoms with Crippen molar-refractivity contribution in [3.63, 3.8) is 0 Å². The largest absolute Gasteiger partial charge is 0.494 e. The number of carbonyl (C=O) groups is 1. The maximum Gasteiger partial charge on any atom is 0.266 e. The van der Waals surface area contributed by atoms with Crippen molar-refractivity contribution in [1.82, 2.24) is 10.9 Å². The van der Waals surface area contributed by atoms with Crippen LogP contribution in [0.25, 0.3) is 0 Å². The molecule has 3 rings (SSSR count). The monoisotopic (exact) mass is 497 g/mol. The number of aliphatic imine (C=N–C) groups is 1. The molecule has 1 amide bonds. The van der Waals surface area contributed by atoms with Gasteiger partial charge in [0.15, 0.2) is 17.0 Å². The molecule has 194 valence electrons. The summed E-state index contributed by atoms with van der Waals surface area (Å²) in [5, 5.41) is 8.89. The van der Waals surface area contributed by atoms with Crippen molar-refractivity contribution in [3.8, 4) is 17.2 Å². The minimum absolute atomic E-state index is 0.0825. The average molecular weight is 498 g/mol. The van der Waals surface area contributed by atoms with E-state index in [-0.39, 0.29) is 12.5 Å². The third kappa shape index (κ3) is 6.35. The number of carbonyl (C=O) groups excluding carboxylic acids is 1. The zero-order chi connectivity index (χ0) is 26.0. The zero-order valence-electron chi connectivity index (χ0n) is 21.1. The molecule has 2 aromatic carbocycles. The highest BCUT2D eigenvalue weighted by Gasteiger charge is 2.49. The van der Waals surface area contributed by atoms with Crippen LogP contribution in [-0.4, -0.2) is 62.5 Å². The Balaban J connectivity index is 1.63. The molecule has 0 aliphatic carbocycles. The van der Waals surface area contributed by atoms with E-state index in [0.29, 0.717) is 55.6 Å². The standard InChI is InChI=1S/C27H35N3O6/c1-5-14-27(26(32)30-28-15-13-20-7-12-23(33-3)24(18-20)34-4)19(2)36-25(29-27)21-8-10-22(11-9-21)35-17-6-16-31/h5,7-12,18-19,28,31H,1,6,13-17H2,2-4H3,(H,30,32)/t19-,27-/m0/s1. The number of aliphatic hydroxyl groups is 1. The van der Waals surface area contributed by atoms with Gasteiger partial charge in [0.05, 0.1) is 20.8 Å². The topological polar surface area (TPSA) is 111 Å². The lowest BCUT2D eigenvalue weighted by Gasteiger charge is -2.26. The van der Waals surface area contributed by atoms with Crippen molar-refractivity contribution in [2.75, 3.05) is 34.0 Å². The van der Waals surface area contributed by atoms with Crippen molar-refractivity contribution in [2.24, 2.45) is 4.99 Å².